The summed E-state index contributed by atoms with van der Waals surface area (Å²) in [7, 11) is 0. The van der Waals surface area contributed by atoms with Crippen LogP contribution < -0.4 is 10.6 Å². The van der Waals surface area contributed by atoms with Crippen LogP contribution in [-0.2, 0) is 4.79 Å². The Balaban J connectivity index is 1.77. The Morgan fingerprint density at radius 1 is 1.42 bits per heavy atom. The number of nitrogens with zero attached hydrogens (tertiary/aromatic N) is 2. The molecule has 2 amide bonds. The number of carbonyl (C=O) groups excluding carboxylic acids is 2. The van der Waals surface area contributed by atoms with Gasteiger partial charge in [-0.15, -0.1) is 0 Å². The van der Waals surface area contributed by atoms with Crippen molar-refractivity contribution < 1.29 is 14.0 Å². The van der Waals surface area contributed by atoms with E-state index in [4.69, 9.17) is 0 Å². The predicted octanol–water partition coefficient (Wildman–Crippen LogP) is 1.57. The molecule has 0 spiro atoms. The van der Waals surface area contributed by atoms with Gasteiger partial charge in [-0.05, 0) is 49.1 Å². The van der Waals surface area contributed by atoms with Crippen molar-refractivity contribution in [3.05, 3.63) is 47.5 Å². The van der Waals surface area contributed by atoms with Gasteiger partial charge in [0.05, 0.1) is 5.69 Å². The Kier molecular flexibility index (Phi) is 4.33. The summed E-state index contributed by atoms with van der Waals surface area (Å²) in [5, 5.41) is 9.72. The van der Waals surface area contributed by atoms with Gasteiger partial charge < -0.3 is 10.6 Å². The van der Waals surface area contributed by atoms with Crippen molar-refractivity contribution in [2.24, 2.45) is 5.92 Å². The molecule has 7 heteroatoms. The van der Waals surface area contributed by atoms with E-state index in [9.17, 15) is 14.0 Å². The molecule has 1 aliphatic heterocycles. The first-order chi connectivity index (χ1) is 11.5. The smallest absolute Gasteiger partial charge is 0.272 e. The minimum atomic E-state index is -0.552. The molecule has 0 bridgehead atoms. The highest BCUT2D eigenvalue weighted by atomic mass is 19.1. The van der Waals surface area contributed by atoms with E-state index >= 15 is 0 Å². The molecule has 6 nitrogen and oxygen atoms in total. The van der Waals surface area contributed by atoms with Crippen LogP contribution in [0.1, 0.15) is 29.4 Å². The third kappa shape index (κ3) is 3.15. The van der Waals surface area contributed by atoms with Gasteiger partial charge in [-0.1, -0.05) is 6.92 Å². The molecule has 2 atom stereocenters. The summed E-state index contributed by atoms with van der Waals surface area (Å²) < 4.78 is 14.7. The molecule has 0 radical (unpaired) electrons. The number of rotatable bonds is 3. The molecule has 0 saturated carbocycles. The summed E-state index contributed by atoms with van der Waals surface area (Å²) in [5.41, 5.74) is 1.62. The van der Waals surface area contributed by atoms with E-state index < -0.39 is 11.9 Å². The monoisotopic (exact) mass is 330 g/mol. The highest BCUT2D eigenvalue weighted by Gasteiger charge is 2.30. The lowest BCUT2D eigenvalue weighted by Gasteiger charge is -2.28. The first kappa shape index (κ1) is 16.2. The Morgan fingerprint density at radius 3 is 2.92 bits per heavy atom. The molecule has 1 aliphatic rings. The Labute approximate surface area is 139 Å². The Morgan fingerprint density at radius 2 is 2.21 bits per heavy atom. The third-order valence-corrected chi connectivity index (χ3v) is 4.26. The first-order valence-corrected chi connectivity index (χ1v) is 7.86. The van der Waals surface area contributed by atoms with E-state index in [1.54, 1.807) is 25.3 Å². The van der Waals surface area contributed by atoms with Gasteiger partial charge in [-0.25, -0.2) is 9.07 Å². The summed E-state index contributed by atoms with van der Waals surface area (Å²) in [6, 6.07) is 5.38. The summed E-state index contributed by atoms with van der Waals surface area (Å²) in [4.78, 5) is 24.2. The summed E-state index contributed by atoms with van der Waals surface area (Å²) >= 11 is 0. The molecule has 0 aliphatic carbocycles. The van der Waals surface area contributed by atoms with Gasteiger partial charge in [0.1, 0.15) is 11.9 Å². The molecule has 1 fully saturated rings. The second-order valence-corrected chi connectivity index (χ2v) is 6.08. The SMILES string of the molecule is Cc1cc(F)ccc1-n1ccc(C(=O)NC2C(=O)NCCC2C)n1. The highest BCUT2D eigenvalue weighted by Crippen LogP contribution is 2.16. The molecule has 3 rings (SSSR count). The highest BCUT2D eigenvalue weighted by molar-refractivity contribution is 5.96. The zero-order valence-corrected chi connectivity index (χ0v) is 13.5. The minimum absolute atomic E-state index is 0.0733. The number of halogens is 1. The van der Waals surface area contributed by atoms with Crippen molar-refractivity contribution in [2.45, 2.75) is 26.3 Å². The predicted molar refractivity (Wildman–Crippen MR) is 86.3 cm³/mol. The summed E-state index contributed by atoms with van der Waals surface area (Å²) in [5.74, 6) is -0.818. The fourth-order valence-electron chi connectivity index (χ4n) is 2.84. The average molecular weight is 330 g/mol. The van der Waals surface area contributed by atoms with Crippen molar-refractivity contribution in [3.63, 3.8) is 0 Å². The molecule has 1 aromatic heterocycles. The van der Waals surface area contributed by atoms with Crippen LogP contribution in [0.25, 0.3) is 5.69 Å². The maximum atomic E-state index is 13.2. The number of hydrogen-bond donors (Lipinski definition) is 2. The van der Waals surface area contributed by atoms with Crippen molar-refractivity contribution in [1.29, 1.82) is 0 Å². The molecule has 1 aromatic carbocycles. The Hall–Kier alpha value is -2.70. The number of nitrogens with one attached hydrogen (secondary N) is 2. The normalized spacial score (nSPS) is 20.5. The lowest BCUT2D eigenvalue weighted by atomic mass is 9.94. The van der Waals surface area contributed by atoms with E-state index in [1.807, 2.05) is 6.92 Å². The van der Waals surface area contributed by atoms with E-state index in [0.717, 1.165) is 6.42 Å². The van der Waals surface area contributed by atoms with Gasteiger partial charge in [0, 0.05) is 12.7 Å². The molecule has 1 saturated heterocycles. The number of carbonyl (C=O) groups is 2. The number of hydrogen-bond acceptors (Lipinski definition) is 3. The third-order valence-electron chi connectivity index (χ3n) is 4.26. The largest absolute Gasteiger partial charge is 0.354 e. The van der Waals surface area contributed by atoms with Crippen molar-refractivity contribution >= 4 is 11.8 Å². The van der Waals surface area contributed by atoms with Crippen LogP contribution in [0.15, 0.2) is 30.5 Å². The van der Waals surface area contributed by atoms with E-state index in [0.29, 0.717) is 17.8 Å². The van der Waals surface area contributed by atoms with Crippen molar-refractivity contribution in [1.82, 2.24) is 20.4 Å². The topological polar surface area (TPSA) is 76.0 Å². The van der Waals surface area contributed by atoms with Crippen LogP contribution in [0.2, 0.25) is 0 Å². The van der Waals surface area contributed by atoms with E-state index in [2.05, 4.69) is 15.7 Å². The van der Waals surface area contributed by atoms with Crippen LogP contribution >= 0.6 is 0 Å². The minimum Gasteiger partial charge on any atom is -0.354 e. The van der Waals surface area contributed by atoms with Crippen molar-refractivity contribution in [3.8, 4) is 5.69 Å². The summed E-state index contributed by atoms with van der Waals surface area (Å²) in [6.07, 6.45) is 2.46. The van der Waals surface area contributed by atoms with Gasteiger partial charge in [0.2, 0.25) is 5.91 Å². The fourth-order valence-corrected chi connectivity index (χ4v) is 2.84. The van der Waals surface area contributed by atoms with Crippen LogP contribution in [0, 0.1) is 18.7 Å². The van der Waals surface area contributed by atoms with Crippen LogP contribution in [0.3, 0.4) is 0 Å². The summed E-state index contributed by atoms with van der Waals surface area (Å²) in [6.45, 7) is 4.34. The van der Waals surface area contributed by atoms with E-state index in [1.165, 1.54) is 16.8 Å². The standard InChI is InChI=1S/C17H19FN4O2/c1-10-5-7-19-17(24)15(10)20-16(23)13-6-8-22(21-13)14-4-3-12(18)9-11(14)2/h3-4,6,8-10,15H,5,7H2,1-2H3,(H,19,24)(H,20,23). The second-order valence-electron chi connectivity index (χ2n) is 6.08. The van der Waals surface area contributed by atoms with Crippen LogP contribution in [0.4, 0.5) is 4.39 Å². The molecule has 2 N–H and O–H groups in total. The molecule has 2 unspecified atom stereocenters. The van der Waals surface area contributed by atoms with Crippen molar-refractivity contribution in [2.75, 3.05) is 6.54 Å². The number of piperidine rings is 1. The number of aromatic nitrogens is 2. The maximum absolute atomic E-state index is 13.2. The van der Waals surface area contributed by atoms with Gasteiger partial charge in [0.15, 0.2) is 5.69 Å². The molecular formula is C17H19FN4O2. The van der Waals surface area contributed by atoms with Gasteiger partial charge >= 0.3 is 0 Å². The first-order valence-electron chi connectivity index (χ1n) is 7.86. The molecule has 2 aromatic rings. The lowest BCUT2D eigenvalue weighted by molar-refractivity contribution is -0.125. The zero-order valence-electron chi connectivity index (χ0n) is 13.5. The fraction of sp³-hybridized carbons (Fsp3) is 0.353. The Bertz CT molecular complexity index is 787. The quantitative estimate of drug-likeness (QED) is 0.897. The molecule has 2 heterocycles. The van der Waals surface area contributed by atoms with Gasteiger partial charge in [-0.2, -0.15) is 5.10 Å². The number of aryl methyl sites for hydroxylation is 1. The lowest BCUT2D eigenvalue weighted by Crippen LogP contribution is -2.54. The zero-order chi connectivity index (χ0) is 17.3. The molecule has 126 valence electrons. The second kappa shape index (κ2) is 6.43. The van der Waals surface area contributed by atoms with E-state index in [-0.39, 0.29) is 23.3 Å². The number of amides is 2. The van der Waals surface area contributed by atoms with Gasteiger partial charge in [-0.3, -0.25) is 9.59 Å². The molecular weight excluding hydrogens is 311 g/mol. The van der Waals surface area contributed by atoms with Crippen LogP contribution in [-0.4, -0.2) is 34.2 Å². The average Bonchev–Trinajstić information content (AvgIpc) is 3.00. The maximum Gasteiger partial charge on any atom is 0.272 e. The van der Waals surface area contributed by atoms with Gasteiger partial charge in [0.25, 0.3) is 5.91 Å². The molecule has 24 heavy (non-hydrogen) atoms. The van der Waals surface area contributed by atoms with Crippen LogP contribution in [0.5, 0.6) is 0 Å². The number of benzene rings is 1.